The Morgan fingerprint density at radius 3 is 2.42 bits per heavy atom. The summed E-state index contributed by atoms with van der Waals surface area (Å²) < 4.78 is 50.4. The van der Waals surface area contributed by atoms with Gasteiger partial charge in [-0.05, 0) is 19.3 Å². The van der Waals surface area contributed by atoms with Crippen molar-refractivity contribution in [2.24, 2.45) is 5.16 Å². The van der Waals surface area contributed by atoms with Crippen LogP contribution < -0.4 is 0 Å². The number of rotatable bonds is 9. The van der Waals surface area contributed by atoms with Gasteiger partial charge in [0.2, 0.25) is 0 Å². The first-order valence-corrected chi connectivity index (χ1v) is 11.5. The van der Waals surface area contributed by atoms with Crippen LogP contribution in [0, 0.1) is 0 Å². The number of aliphatic hydroxyl groups is 4. The molecule has 1 aliphatic rings. The summed E-state index contributed by atoms with van der Waals surface area (Å²) in [5.41, 5.74) is -1.17. The van der Waals surface area contributed by atoms with Crippen molar-refractivity contribution in [1.82, 2.24) is 0 Å². The number of unbranched alkanes of at least 4 members (excludes halogenated alkanes) is 1. The normalized spacial score (nSPS) is 31.6. The smallest absolute Gasteiger partial charge is 0.394 e. The second-order valence-electron chi connectivity index (χ2n) is 5.54. The van der Waals surface area contributed by atoms with Crippen molar-refractivity contribution in [3.63, 3.8) is 0 Å². The Morgan fingerprint density at radius 2 is 1.88 bits per heavy atom. The molecule has 0 aromatic rings. The van der Waals surface area contributed by atoms with Gasteiger partial charge in [0.25, 0.3) is 0 Å². The third kappa shape index (κ3) is 8.14. The van der Waals surface area contributed by atoms with Gasteiger partial charge in [-0.1, -0.05) is 16.9 Å². The maximum Gasteiger partial charge on any atom is 0.466 e. The van der Waals surface area contributed by atoms with E-state index in [1.807, 2.05) is 0 Å². The molecule has 0 aliphatic carbocycles. The summed E-state index contributed by atoms with van der Waals surface area (Å²) in [5, 5.41) is 42.0. The van der Waals surface area contributed by atoms with Crippen LogP contribution in [-0.4, -0.2) is 91.1 Å². The monoisotopic (exact) mass is 437 g/mol. The molecule has 14 heteroatoms. The van der Waals surface area contributed by atoms with Crippen molar-refractivity contribution < 1.29 is 46.6 Å². The molecule has 0 unspecified atom stereocenters. The van der Waals surface area contributed by atoms with Crippen LogP contribution in [0.3, 0.4) is 0 Å². The molecule has 0 radical (unpaired) electrons. The van der Waals surface area contributed by atoms with Crippen molar-refractivity contribution in [1.29, 1.82) is 0 Å². The number of hydrogen-bond acceptors (Lipinski definition) is 11. The molecule has 0 spiro atoms. The van der Waals surface area contributed by atoms with E-state index in [2.05, 4.69) is 9.44 Å². The third-order valence-electron chi connectivity index (χ3n) is 3.41. The Labute approximate surface area is 157 Å². The van der Waals surface area contributed by atoms with Crippen molar-refractivity contribution in [2.75, 3.05) is 18.6 Å². The lowest BCUT2D eigenvalue weighted by Crippen LogP contribution is -2.57. The summed E-state index contributed by atoms with van der Waals surface area (Å²) in [5.74, 6) is 0.428. The van der Waals surface area contributed by atoms with Crippen molar-refractivity contribution >= 4 is 38.0 Å². The van der Waals surface area contributed by atoms with Crippen LogP contribution in [0.2, 0.25) is 0 Å². The van der Waals surface area contributed by atoms with Crippen LogP contribution in [0.4, 0.5) is 0 Å². The van der Waals surface area contributed by atoms with E-state index < -0.39 is 57.7 Å². The molecule has 1 heterocycles. The summed E-state index contributed by atoms with van der Waals surface area (Å²) in [7, 11) is -5.83. The Bertz CT molecular complexity index is 596. The van der Waals surface area contributed by atoms with Crippen LogP contribution >= 0.6 is 11.8 Å². The predicted octanol–water partition coefficient (Wildman–Crippen LogP) is -1.80. The standard InChI is InChI=1S/C12H23NO10S3/c1-25(18)5-3-2-4-8(13-23-26(19,20)21)24-12-11(17)10(16)9(15)7(6-14)22-12/h7,9-12,14-17H,2-6H2,1H3,(H,19,20,21)/t7-,9-,10+,11-,12+,25-/m1/s1. The first-order valence-electron chi connectivity index (χ1n) is 7.55. The molecule has 0 saturated carbocycles. The average molecular weight is 438 g/mol. The maximum absolute atomic E-state index is 11.1. The first kappa shape index (κ1) is 23.7. The molecular weight excluding hydrogens is 414 g/mol. The molecule has 1 aliphatic heterocycles. The minimum absolute atomic E-state index is 0.0221. The van der Waals surface area contributed by atoms with Gasteiger partial charge in [-0.15, -0.1) is 0 Å². The van der Waals surface area contributed by atoms with Gasteiger partial charge in [0.05, 0.1) is 6.61 Å². The summed E-state index contributed by atoms with van der Waals surface area (Å²) in [6.07, 6.45) is -3.09. The van der Waals surface area contributed by atoms with E-state index in [1.165, 1.54) is 0 Å². The highest BCUT2D eigenvalue weighted by Crippen LogP contribution is 2.30. The molecule has 0 amide bonds. The molecule has 0 bridgehead atoms. The Balaban J connectivity index is 2.80. The molecule has 6 atom stereocenters. The maximum atomic E-state index is 11.1. The first-order chi connectivity index (χ1) is 12.0. The van der Waals surface area contributed by atoms with Crippen LogP contribution in [0.1, 0.15) is 19.3 Å². The summed E-state index contributed by atoms with van der Waals surface area (Å²) >= 11 is 0.717. The fourth-order valence-electron chi connectivity index (χ4n) is 2.10. The third-order valence-corrected chi connectivity index (χ3v) is 5.71. The molecule has 11 nitrogen and oxygen atoms in total. The van der Waals surface area contributed by atoms with Gasteiger partial charge in [0.1, 0.15) is 34.9 Å². The highest BCUT2D eigenvalue weighted by atomic mass is 32.3. The number of hydrogen-bond donors (Lipinski definition) is 5. The minimum atomic E-state index is -4.83. The summed E-state index contributed by atoms with van der Waals surface area (Å²) in [6, 6.07) is 0. The number of nitrogens with zero attached hydrogens (tertiary/aromatic N) is 1. The van der Waals surface area contributed by atoms with Gasteiger partial charge in [0.15, 0.2) is 0 Å². The van der Waals surface area contributed by atoms with E-state index in [-0.39, 0.29) is 11.5 Å². The van der Waals surface area contributed by atoms with Gasteiger partial charge >= 0.3 is 10.4 Å². The number of aliphatic hydroxyl groups excluding tert-OH is 4. The molecule has 1 rings (SSSR count). The number of oxime groups is 1. The molecule has 154 valence electrons. The van der Waals surface area contributed by atoms with E-state index in [9.17, 15) is 27.9 Å². The Kier molecular flexibility index (Phi) is 9.92. The minimum Gasteiger partial charge on any atom is -0.394 e. The highest BCUT2D eigenvalue weighted by molar-refractivity contribution is 8.14. The van der Waals surface area contributed by atoms with Crippen LogP contribution in [0.15, 0.2) is 5.16 Å². The zero-order chi connectivity index (χ0) is 19.9. The van der Waals surface area contributed by atoms with Crippen LogP contribution in [0.25, 0.3) is 0 Å². The molecular formula is C12H23NO10S3. The molecule has 1 fully saturated rings. The second-order valence-corrected chi connectivity index (χ2v) is 9.27. The lowest BCUT2D eigenvalue weighted by molar-refractivity contribution is -0.205. The van der Waals surface area contributed by atoms with Gasteiger partial charge in [0, 0.05) is 22.8 Å². The number of ether oxygens (including phenoxy) is 1. The zero-order valence-electron chi connectivity index (χ0n) is 13.9. The van der Waals surface area contributed by atoms with Gasteiger partial charge < -0.3 is 25.2 Å². The van der Waals surface area contributed by atoms with Gasteiger partial charge in [-0.3, -0.25) is 8.76 Å². The highest BCUT2D eigenvalue weighted by Gasteiger charge is 2.44. The lowest BCUT2D eigenvalue weighted by atomic mass is 10.0. The largest absolute Gasteiger partial charge is 0.466 e. The van der Waals surface area contributed by atoms with E-state index in [0.29, 0.717) is 18.6 Å². The Morgan fingerprint density at radius 1 is 1.23 bits per heavy atom. The molecule has 5 N–H and O–H groups in total. The fourth-order valence-corrected chi connectivity index (χ4v) is 4.05. The van der Waals surface area contributed by atoms with Crippen LogP contribution in [0.5, 0.6) is 0 Å². The van der Waals surface area contributed by atoms with Crippen LogP contribution in [-0.2, 0) is 30.2 Å². The Hall–Kier alpha value is -0.320. The van der Waals surface area contributed by atoms with E-state index in [1.54, 1.807) is 6.26 Å². The topological polar surface area (TPSA) is 183 Å². The van der Waals surface area contributed by atoms with Gasteiger partial charge in [-0.25, -0.2) is 4.28 Å². The summed E-state index contributed by atoms with van der Waals surface area (Å²) in [4.78, 5) is 0. The average Bonchev–Trinajstić information content (AvgIpc) is 2.55. The predicted molar refractivity (Wildman–Crippen MR) is 94.2 cm³/mol. The van der Waals surface area contributed by atoms with E-state index >= 15 is 0 Å². The molecule has 0 aromatic heterocycles. The number of thioether (sulfide) groups is 1. The second kappa shape index (κ2) is 10.9. The van der Waals surface area contributed by atoms with Crippen molar-refractivity contribution in [2.45, 2.75) is 49.1 Å². The van der Waals surface area contributed by atoms with E-state index in [0.717, 1.165) is 11.8 Å². The zero-order valence-corrected chi connectivity index (χ0v) is 16.3. The SMILES string of the molecule is C[S@@](=O)CCCCC(=NOS(=O)(=O)O)S[C@@H]1O[C@H](CO)[C@@H](O)[C@H](O)[C@H]1O. The van der Waals surface area contributed by atoms with Crippen molar-refractivity contribution in [3.05, 3.63) is 0 Å². The fraction of sp³-hybridized carbons (Fsp3) is 0.917. The summed E-state index contributed by atoms with van der Waals surface area (Å²) in [6.45, 7) is -0.613. The van der Waals surface area contributed by atoms with Crippen molar-refractivity contribution in [3.8, 4) is 0 Å². The molecule has 26 heavy (non-hydrogen) atoms. The quantitative estimate of drug-likeness (QED) is 0.0901. The lowest BCUT2D eigenvalue weighted by Gasteiger charge is -2.39. The molecule has 0 aromatic carbocycles. The van der Waals surface area contributed by atoms with Gasteiger partial charge in [-0.2, -0.15) is 8.42 Å². The van der Waals surface area contributed by atoms with E-state index in [4.69, 9.17) is 14.4 Å². The molecule has 1 saturated heterocycles.